The number of aromatic nitrogens is 1. The summed E-state index contributed by atoms with van der Waals surface area (Å²) in [7, 11) is 0. The van der Waals surface area contributed by atoms with Crippen molar-refractivity contribution in [3.63, 3.8) is 0 Å². The summed E-state index contributed by atoms with van der Waals surface area (Å²) in [6.45, 7) is 20.7. The molecule has 0 atom stereocenters. The van der Waals surface area contributed by atoms with Crippen molar-refractivity contribution in [3.05, 3.63) is 205 Å². The molecule has 0 unspecified atom stereocenters. The van der Waals surface area contributed by atoms with E-state index in [1.165, 1.54) is 98.8 Å². The Labute approximate surface area is 390 Å². The van der Waals surface area contributed by atoms with Gasteiger partial charge >= 0.3 is 0 Å². The molecule has 11 aromatic rings. The number of benzene rings is 10. The van der Waals surface area contributed by atoms with E-state index in [1.807, 2.05) is 0 Å². The highest BCUT2D eigenvalue weighted by Crippen LogP contribution is 2.48. The molecule has 0 fully saturated rings. The summed E-state index contributed by atoms with van der Waals surface area (Å²) >= 11 is 0. The van der Waals surface area contributed by atoms with Crippen LogP contribution in [0, 0.1) is 0 Å². The lowest BCUT2D eigenvalue weighted by Crippen LogP contribution is -2.12. The van der Waals surface area contributed by atoms with Gasteiger partial charge in [0.15, 0.2) is 0 Å². The van der Waals surface area contributed by atoms with Crippen LogP contribution in [0.4, 0.5) is 17.1 Å². The van der Waals surface area contributed by atoms with E-state index in [0.29, 0.717) is 0 Å². The molecule has 0 N–H and O–H groups in total. The maximum absolute atomic E-state index is 2.53. The number of hydrogen-bond acceptors (Lipinski definition) is 1. The SMILES string of the molecule is CC(C)(C)c1ccc(-c2ccccc2N(c2ccc(-c3ccccc3)cc2)c2ccc3ccc4c(-n5c6ccc(C(C)(C)C)cc6c6cc(C(C)(C)C)ccc65)ccc5ccc2c3c54)cc1. The van der Waals surface area contributed by atoms with Crippen molar-refractivity contribution < 1.29 is 0 Å². The average Bonchev–Trinajstić information content (AvgIpc) is 3.64. The fourth-order valence-corrected chi connectivity index (χ4v) is 10.3. The molecule has 2 heteroatoms. The van der Waals surface area contributed by atoms with Crippen LogP contribution in [-0.2, 0) is 16.2 Å². The van der Waals surface area contributed by atoms with Crippen LogP contribution >= 0.6 is 0 Å². The van der Waals surface area contributed by atoms with Gasteiger partial charge in [-0.1, -0.05) is 196 Å². The zero-order valence-corrected chi connectivity index (χ0v) is 39.8. The minimum atomic E-state index is 0.0319. The van der Waals surface area contributed by atoms with E-state index in [2.05, 4.69) is 260 Å². The summed E-state index contributed by atoms with van der Waals surface area (Å²) in [5.74, 6) is 0. The van der Waals surface area contributed by atoms with E-state index in [-0.39, 0.29) is 16.2 Å². The Kier molecular flexibility index (Phi) is 9.57. The minimum Gasteiger partial charge on any atom is -0.309 e. The topological polar surface area (TPSA) is 8.17 Å². The van der Waals surface area contributed by atoms with Crippen LogP contribution in [0.2, 0.25) is 0 Å². The fourth-order valence-electron chi connectivity index (χ4n) is 10.3. The zero-order valence-electron chi connectivity index (χ0n) is 39.8. The first-order chi connectivity index (χ1) is 31.6. The molecule has 1 heterocycles. The summed E-state index contributed by atoms with van der Waals surface area (Å²) in [6, 6.07) is 70.9. The molecule has 1 aromatic heterocycles. The van der Waals surface area contributed by atoms with Crippen LogP contribution in [0.3, 0.4) is 0 Å². The molecule has 0 saturated heterocycles. The predicted molar refractivity (Wildman–Crippen MR) is 286 cm³/mol. The van der Waals surface area contributed by atoms with Gasteiger partial charge < -0.3 is 9.47 Å². The summed E-state index contributed by atoms with van der Waals surface area (Å²) in [4.78, 5) is 2.49. The van der Waals surface area contributed by atoms with Gasteiger partial charge in [-0.25, -0.2) is 0 Å². The van der Waals surface area contributed by atoms with Crippen LogP contribution in [0.25, 0.3) is 82.1 Å². The number of nitrogens with zero attached hydrogens (tertiary/aromatic N) is 2. The second-order valence-corrected chi connectivity index (χ2v) is 21.5. The Morgan fingerprint density at radius 1 is 0.348 bits per heavy atom. The van der Waals surface area contributed by atoms with Gasteiger partial charge in [-0.3, -0.25) is 0 Å². The summed E-state index contributed by atoms with van der Waals surface area (Å²) in [6.07, 6.45) is 0. The van der Waals surface area contributed by atoms with Gasteiger partial charge in [-0.2, -0.15) is 0 Å². The van der Waals surface area contributed by atoms with E-state index in [1.54, 1.807) is 0 Å². The molecule has 0 spiro atoms. The molecule has 66 heavy (non-hydrogen) atoms. The van der Waals surface area contributed by atoms with Crippen molar-refractivity contribution in [3.8, 4) is 27.9 Å². The van der Waals surface area contributed by atoms with E-state index in [9.17, 15) is 0 Å². The zero-order chi connectivity index (χ0) is 45.7. The highest BCUT2D eigenvalue weighted by molar-refractivity contribution is 6.27. The normalized spacial score (nSPS) is 12.6. The van der Waals surface area contributed by atoms with Crippen LogP contribution < -0.4 is 4.90 Å². The minimum absolute atomic E-state index is 0.0319. The summed E-state index contributed by atoms with van der Waals surface area (Å²) in [5.41, 5.74) is 16.0. The predicted octanol–water partition coefficient (Wildman–Crippen LogP) is 18.4. The first-order valence-electron chi connectivity index (χ1n) is 23.6. The third kappa shape index (κ3) is 6.94. The molecular formula is C64H58N2. The first kappa shape index (κ1) is 41.5. The fraction of sp³-hybridized carbons (Fsp3) is 0.188. The van der Waals surface area contributed by atoms with E-state index in [4.69, 9.17) is 0 Å². The molecule has 0 aliphatic rings. The van der Waals surface area contributed by atoms with Gasteiger partial charge in [-0.15, -0.1) is 0 Å². The lowest BCUT2D eigenvalue weighted by atomic mass is 9.85. The Morgan fingerprint density at radius 2 is 0.833 bits per heavy atom. The van der Waals surface area contributed by atoms with E-state index < -0.39 is 0 Å². The first-order valence-corrected chi connectivity index (χ1v) is 23.6. The highest BCUT2D eigenvalue weighted by atomic mass is 15.1. The number of para-hydroxylation sites is 1. The van der Waals surface area contributed by atoms with Crippen molar-refractivity contribution in [1.29, 1.82) is 0 Å². The standard InChI is InChI=1S/C64H58N2/c1-62(2,3)46-27-19-43(20-28-46)50-17-13-14-18-55(50)65(49-31-21-42(22-32-49)41-15-11-10-12-16-41)56-35-25-44-24-34-52-57(36-26-45-23-33-51(56)60(44)61(45)52)66-58-37-29-47(63(4,5)6)39-53(58)54-40-48(64(7,8)9)30-38-59(54)66/h10-40H,1-9H3. The molecule has 2 nitrogen and oxygen atoms in total. The lowest BCUT2D eigenvalue weighted by Gasteiger charge is -2.30. The second-order valence-electron chi connectivity index (χ2n) is 21.5. The van der Waals surface area contributed by atoms with Gasteiger partial charge in [0.05, 0.1) is 28.1 Å². The number of hydrogen-bond donors (Lipinski definition) is 0. The molecule has 10 aromatic carbocycles. The van der Waals surface area contributed by atoms with Gasteiger partial charge in [0.2, 0.25) is 0 Å². The van der Waals surface area contributed by atoms with Crippen molar-refractivity contribution in [1.82, 2.24) is 4.57 Å². The molecular weight excluding hydrogens is 797 g/mol. The maximum Gasteiger partial charge on any atom is 0.0541 e. The largest absolute Gasteiger partial charge is 0.309 e. The van der Waals surface area contributed by atoms with E-state index in [0.717, 1.165) is 17.1 Å². The second kappa shape index (κ2) is 15.2. The third-order valence-corrected chi connectivity index (χ3v) is 14.0. The van der Waals surface area contributed by atoms with E-state index >= 15 is 0 Å². The van der Waals surface area contributed by atoms with Crippen molar-refractivity contribution in [2.75, 3.05) is 4.90 Å². The lowest BCUT2D eigenvalue weighted by molar-refractivity contribution is 0.590. The molecule has 324 valence electrons. The van der Waals surface area contributed by atoms with Crippen LogP contribution in [-0.4, -0.2) is 4.57 Å². The van der Waals surface area contributed by atoms with Crippen molar-refractivity contribution in [2.45, 2.75) is 78.6 Å². The third-order valence-electron chi connectivity index (χ3n) is 14.0. The average molecular weight is 855 g/mol. The van der Waals surface area contributed by atoms with Gasteiger partial charge in [0, 0.05) is 32.8 Å². The molecule has 0 saturated carbocycles. The maximum atomic E-state index is 2.53. The molecule has 11 rings (SSSR count). The summed E-state index contributed by atoms with van der Waals surface area (Å²) < 4.78 is 2.53. The van der Waals surface area contributed by atoms with Crippen molar-refractivity contribution in [2.24, 2.45) is 0 Å². The Hall–Kier alpha value is -7.16. The molecule has 0 radical (unpaired) electrons. The number of fused-ring (bicyclic) bond motifs is 3. The molecule has 0 aliphatic carbocycles. The van der Waals surface area contributed by atoms with Gasteiger partial charge in [0.25, 0.3) is 0 Å². The monoisotopic (exact) mass is 854 g/mol. The smallest absolute Gasteiger partial charge is 0.0541 e. The Bertz CT molecular complexity index is 3530. The quantitative estimate of drug-likeness (QED) is 0.151. The number of rotatable bonds is 6. The summed E-state index contributed by atoms with van der Waals surface area (Å²) in [5, 5.41) is 10.1. The highest BCUT2D eigenvalue weighted by Gasteiger charge is 2.25. The van der Waals surface area contributed by atoms with Gasteiger partial charge in [-0.05, 0) is 126 Å². The van der Waals surface area contributed by atoms with Crippen LogP contribution in [0.1, 0.15) is 79.0 Å². The Morgan fingerprint density at radius 3 is 1.44 bits per heavy atom. The van der Waals surface area contributed by atoms with Crippen LogP contribution in [0.15, 0.2) is 188 Å². The Balaban J connectivity index is 1.15. The molecule has 0 bridgehead atoms. The van der Waals surface area contributed by atoms with Gasteiger partial charge in [0.1, 0.15) is 0 Å². The number of anilines is 3. The van der Waals surface area contributed by atoms with Crippen molar-refractivity contribution >= 4 is 71.2 Å². The van der Waals surface area contributed by atoms with Crippen LogP contribution in [0.5, 0.6) is 0 Å². The molecule has 0 amide bonds. The molecule has 0 aliphatic heterocycles.